The molecule has 2 aromatic carbocycles. The van der Waals surface area contributed by atoms with E-state index in [4.69, 9.17) is 4.74 Å². The molecule has 0 spiro atoms. The molecule has 0 aliphatic heterocycles. The Kier molecular flexibility index (Phi) is 4.03. The van der Waals surface area contributed by atoms with Crippen LogP contribution in [0, 0.1) is 6.92 Å². The zero-order valence-electron chi connectivity index (χ0n) is 12.0. The minimum atomic E-state index is 0.635. The van der Waals surface area contributed by atoms with Crippen molar-refractivity contribution in [2.24, 2.45) is 0 Å². The second kappa shape index (κ2) is 6.10. The molecule has 2 heteroatoms. The van der Waals surface area contributed by atoms with Crippen LogP contribution in [-0.2, 0) is 13.2 Å². The van der Waals surface area contributed by atoms with Gasteiger partial charge in [0, 0.05) is 18.4 Å². The van der Waals surface area contributed by atoms with Crippen LogP contribution < -0.4 is 10.1 Å². The number of quaternary nitrogens is 1. The Hall–Kier alpha value is -1.80. The molecular formula is C18H22NO+. The lowest BCUT2D eigenvalue weighted by molar-refractivity contribution is -0.683. The van der Waals surface area contributed by atoms with Gasteiger partial charge < -0.3 is 10.1 Å². The lowest BCUT2D eigenvalue weighted by Gasteiger charge is -2.08. The van der Waals surface area contributed by atoms with E-state index >= 15 is 0 Å². The van der Waals surface area contributed by atoms with Crippen LogP contribution in [0.3, 0.4) is 0 Å². The van der Waals surface area contributed by atoms with Gasteiger partial charge in [-0.3, -0.25) is 0 Å². The number of hydrogen-bond acceptors (Lipinski definition) is 1. The summed E-state index contributed by atoms with van der Waals surface area (Å²) >= 11 is 0. The van der Waals surface area contributed by atoms with Crippen molar-refractivity contribution in [2.45, 2.75) is 39.0 Å². The molecule has 0 aromatic heterocycles. The fourth-order valence-electron chi connectivity index (χ4n) is 2.25. The topological polar surface area (TPSA) is 25.8 Å². The third-order valence-electron chi connectivity index (χ3n) is 3.73. The average Bonchev–Trinajstić information content (AvgIpc) is 3.29. The Labute approximate surface area is 120 Å². The van der Waals surface area contributed by atoms with Gasteiger partial charge in [-0.1, -0.05) is 42.0 Å². The SMILES string of the molecule is Cc1ccc(COc2cccc(C[NH2+]C3CC3)c2)cc1. The zero-order chi connectivity index (χ0) is 13.8. The van der Waals surface area contributed by atoms with E-state index in [-0.39, 0.29) is 0 Å². The fourth-order valence-corrected chi connectivity index (χ4v) is 2.25. The van der Waals surface area contributed by atoms with Crippen LogP contribution in [0.15, 0.2) is 48.5 Å². The Morgan fingerprint density at radius 1 is 1.05 bits per heavy atom. The predicted octanol–water partition coefficient (Wildman–Crippen LogP) is 2.80. The lowest BCUT2D eigenvalue weighted by atomic mass is 10.2. The highest BCUT2D eigenvalue weighted by molar-refractivity contribution is 5.28. The number of aryl methyl sites for hydroxylation is 1. The van der Waals surface area contributed by atoms with Gasteiger partial charge in [-0.2, -0.15) is 0 Å². The maximum Gasteiger partial charge on any atom is 0.120 e. The Bertz CT molecular complexity index is 558. The van der Waals surface area contributed by atoms with Crippen molar-refractivity contribution in [1.29, 1.82) is 0 Å². The lowest BCUT2D eigenvalue weighted by Crippen LogP contribution is -2.84. The zero-order valence-corrected chi connectivity index (χ0v) is 12.0. The van der Waals surface area contributed by atoms with E-state index in [2.05, 4.69) is 54.7 Å². The van der Waals surface area contributed by atoms with Crippen molar-refractivity contribution in [3.8, 4) is 5.75 Å². The summed E-state index contributed by atoms with van der Waals surface area (Å²) in [5.41, 5.74) is 3.84. The summed E-state index contributed by atoms with van der Waals surface area (Å²) in [6.07, 6.45) is 2.76. The summed E-state index contributed by atoms with van der Waals surface area (Å²) in [5, 5.41) is 2.43. The molecule has 0 bridgehead atoms. The summed E-state index contributed by atoms with van der Waals surface area (Å²) in [7, 11) is 0. The van der Waals surface area contributed by atoms with Crippen LogP contribution in [0.1, 0.15) is 29.5 Å². The minimum Gasteiger partial charge on any atom is -0.489 e. The van der Waals surface area contributed by atoms with E-state index in [9.17, 15) is 0 Å². The number of ether oxygens (including phenoxy) is 1. The maximum absolute atomic E-state index is 5.88. The molecule has 1 aliphatic rings. The van der Waals surface area contributed by atoms with Crippen LogP contribution in [0.2, 0.25) is 0 Å². The van der Waals surface area contributed by atoms with Crippen molar-refractivity contribution in [3.63, 3.8) is 0 Å². The van der Waals surface area contributed by atoms with Crippen molar-refractivity contribution in [1.82, 2.24) is 0 Å². The third kappa shape index (κ3) is 3.84. The molecule has 20 heavy (non-hydrogen) atoms. The van der Waals surface area contributed by atoms with Crippen LogP contribution in [0.25, 0.3) is 0 Å². The molecule has 0 heterocycles. The standard InChI is InChI=1S/C18H21NO/c1-14-5-7-15(8-6-14)13-20-18-4-2-3-16(11-18)12-19-17-9-10-17/h2-8,11,17,19H,9-10,12-13H2,1H3/p+1. The normalized spacial score (nSPS) is 14.2. The van der Waals surface area contributed by atoms with Crippen molar-refractivity contribution >= 4 is 0 Å². The molecule has 3 rings (SSSR count). The maximum atomic E-state index is 5.88. The molecule has 104 valence electrons. The van der Waals surface area contributed by atoms with E-state index in [0.717, 1.165) is 18.3 Å². The molecule has 2 nitrogen and oxygen atoms in total. The smallest absolute Gasteiger partial charge is 0.120 e. The molecule has 0 saturated heterocycles. The van der Waals surface area contributed by atoms with E-state index in [1.54, 1.807) is 0 Å². The molecule has 0 radical (unpaired) electrons. The average molecular weight is 268 g/mol. The van der Waals surface area contributed by atoms with Gasteiger partial charge in [0.15, 0.2) is 0 Å². The first-order valence-corrected chi connectivity index (χ1v) is 7.40. The molecule has 2 N–H and O–H groups in total. The molecule has 1 fully saturated rings. The highest BCUT2D eigenvalue weighted by atomic mass is 16.5. The van der Waals surface area contributed by atoms with Gasteiger partial charge in [0.2, 0.25) is 0 Å². The molecule has 1 saturated carbocycles. The first-order chi connectivity index (χ1) is 9.79. The van der Waals surface area contributed by atoms with Crippen LogP contribution in [0.5, 0.6) is 5.75 Å². The monoisotopic (exact) mass is 268 g/mol. The fraction of sp³-hybridized carbons (Fsp3) is 0.333. The first-order valence-electron chi connectivity index (χ1n) is 7.40. The van der Waals surface area contributed by atoms with Gasteiger partial charge in [0.25, 0.3) is 0 Å². The first kappa shape index (κ1) is 13.2. The minimum absolute atomic E-state index is 0.635. The number of rotatable bonds is 6. The summed E-state index contributed by atoms with van der Waals surface area (Å²) in [6, 6.07) is 17.8. The second-order valence-electron chi connectivity index (χ2n) is 5.70. The molecule has 1 aliphatic carbocycles. The van der Waals surface area contributed by atoms with Crippen molar-refractivity contribution in [3.05, 3.63) is 65.2 Å². The number of hydrogen-bond donors (Lipinski definition) is 1. The van der Waals surface area contributed by atoms with Crippen molar-refractivity contribution < 1.29 is 10.1 Å². The van der Waals surface area contributed by atoms with Crippen LogP contribution in [-0.4, -0.2) is 6.04 Å². The highest BCUT2D eigenvalue weighted by Crippen LogP contribution is 2.16. The molecule has 0 atom stereocenters. The molecular weight excluding hydrogens is 246 g/mol. The van der Waals surface area contributed by atoms with E-state index in [1.165, 1.54) is 29.5 Å². The van der Waals surface area contributed by atoms with E-state index in [1.807, 2.05) is 6.07 Å². The largest absolute Gasteiger partial charge is 0.489 e. The van der Waals surface area contributed by atoms with E-state index in [0.29, 0.717) is 6.61 Å². The summed E-state index contributed by atoms with van der Waals surface area (Å²) < 4.78 is 5.88. The summed E-state index contributed by atoms with van der Waals surface area (Å²) in [4.78, 5) is 0. The number of nitrogens with two attached hydrogens (primary N) is 1. The number of benzene rings is 2. The molecule has 2 aromatic rings. The quantitative estimate of drug-likeness (QED) is 0.856. The summed E-state index contributed by atoms with van der Waals surface area (Å²) in [5.74, 6) is 0.965. The Morgan fingerprint density at radius 2 is 1.85 bits per heavy atom. The molecule has 0 unspecified atom stereocenters. The molecule has 0 amide bonds. The van der Waals surface area contributed by atoms with Gasteiger partial charge in [0.1, 0.15) is 18.9 Å². The third-order valence-corrected chi connectivity index (χ3v) is 3.73. The van der Waals surface area contributed by atoms with Crippen LogP contribution in [0.4, 0.5) is 0 Å². The Morgan fingerprint density at radius 3 is 2.60 bits per heavy atom. The predicted molar refractivity (Wildman–Crippen MR) is 80.6 cm³/mol. The van der Waals surface area contributed by atoms with Gasteiger partial charge in [0.05, 0.1) is 6.04 Å². The van der Waals surface area contributed by atoms with Crippen LogP contribution >= 0.6 is 0 Å². The highest BCUT2D eigenvalue weighted by Gasteiger charge is 2.24. The Balaban J connectivity index is 1.56. The van der Waals surface area contributed by atoms with Gasteiger partial charge in [-0.05, 0) is 24.6 Å². The van der Waals surface area contributed by atoms with Gasteiger partial charge >= 0.3 is 0 Å². The van der Waals surface area contributed by atoms with Crippen molar-refractivity contribution in [2.75, 3.05) is 0 Å². The summed E-state index contributed by atoms with van der Waals surface area (Å²) in [6.45, 7) is 3.80. The van der Waals surface area contributed by atoms with E-state index < -0.39 is 0 Å². The van der Waals surface area contributed by atoms with Gasteiger partial charge in [-0.15, -0.1) is 0 Å². The van der Waals surface area contributed by atoms with Gasteiger partial charge in [-0.25, -0.2) is 0 Å². The second-order valence-corrected chi connectivity index (χ2v) is 5.70.